The Morgan fingerprint density at radius 3 is 2.58 bits per heavy atom. The van der Waals surface area contributed by atoms with E-state index in [0.29, 0.717) is 18.9 Å². The second kappa shape index (κ2) is 11.2. The largest absolute Gasteiger partial charge is 1.00 e. The Bertz CT molecular complexity index is 1180. The molecule has 0 atom stereocenters. The van der Waals surface area contributed by atoms with Gasteiger partial charge in [0, 0.05) is 11.5 Å². The van der Waals surface area contributed by atoms with Gasteiger partial charge in [0.15, 0.2) is 5.58 Å². The minimum atomic E-state index is -0.975. The third kappa shape index (κ3) is 6.40. The van der Waals surface area contributed by atoms with Crippen LogP contribution in [0.1, 0.15) is 37.7 Å². The first kappa shape index (κ1) is 23.9. The average Bonchev–Trinajstić information content (AvgIpc) is 3.15. The predicted octanol–water partition coefficient (Wildman–Crippen LogP) is 2.04. The monoisotopic (exact) mass is 441 g/mol. The summed E-state index contributed by atoms with van der Waals surface area (Å²) < 4.78 is 11.8. The van der Waals surface area contributed by atoms with Crippen molar-refractivity contribution in [1.82, 2.24) is 4.98 Å². The number of carbonyl (C=O) groups is 1. The minimum absolute atomic E-state index is 0. The molecular weight excluding hydrogens is 417 g/mol. The van der Waals surface area contributed by atoms with Crippen molar-refractivity contribution in [2.45, 2.75) is 39.0 Å². The fourth-order valence-corrected chi connectivity index (χ4v) is 3.52. The van der Waals surface area contributed by atoms with Crippen molar-refractivity contribution in [1.29, 1.82) is 0 Å². The van der Waals surface area contributed by atoms with E-state index in [4.69, 9.17) is 9.15 Å². The molecule has 0 aliphatic carbocycles. The summed E-state index contributed by atoms with van der Waals surface area (Å²) in [6.45, 7) is 2.66. The number of hydrogen-bond acceptors (Lipinski definition) is 5. The van der Waals surface area contributed by atoms with Crippen LogP contribution in [0.15, 0.2) is 59.0 Å². The molecule has 0 spiro atoms. The first-order valence-electron chi connectivity index (χ1n) is 10.3. The molecule has 0 saturated heterocycles. The van der Waals surface area contributed by atoms with Crippen LogP contribution in [0.2, 0.25) is 0 Å². The first-order chi connectivity index (χ1) is 14.6. The fraction of sp³-hybridized carbons (Fsp3) is 0.280. The predicted molar refractivity (Wildman–Crippen MR) is 115 cm³/mol. The first-order valence-corrected chi connectivity index (χ1v) is 10.3. The van der Waals surface area contributed by atoms with Gasteiger partial charge in [-0.15, -0.1) is 0 Å². The topological polar surface area (TPSA) is 75.4 Å². The molecule has 0 saturated carbocycles. The number of unbranched alkanes of at least 4 members (excludes halogenated alkanes) is 3. The van der Waals surface area contributed by atoms with Crippen LogP contribution >= 0.6 is 0 Å². The van der Waals surface area contributed by atoms with Gasteiger partial charge in [-0.2, -0.15) is 0 Å². The number of benzene rings is 3. The van der Waals surface area contributed by atoms with Gasteiger partial charge in [-0.25, -0.2) is 4.98 Å². The second-order valence-corrected chi connectivity index (χ2v) is 7.60. The molecule has 6 heteroatoms. The number of aliphatic carboxylic acids is 1. The summed E-state index contributed by atoms with van der Waals surface area (Å²) in [6, 6.07) is 18.2. The third-order valence-electron chi connectivity index (χ3n) is 5.15. The molecule has 4 aromatic rings. The smallest absolute Gasteiger partial charge is 0.550 e. The fourth-order valence-electron chi connectivity index (χ4n) is 3.52. The molecule has 0 bridgehead atoms. The molecule has 5 nitrogen and oxygen atoms in total. The van der Waals surface area contributed by atoms with Gasteiger partial charge in [-0.3, -0.25) is 0 Å². The molecule has 31 heavy (non-hydrogen) atoms. The van der Waals surface area contributed by atoms with E-state index < -0.39 is 5.97 Å². The van der Waals surface area contributed by atoms with Gasteiger partial charge < -0.3 is 19.1 Å². The van der Waals surface area contributed by atoms with Crippen LogP contribution in [0, 0.1) is 6.92 Å². The van der Waals surface area contributed by atoms with E-state index >= 15 is 0 Å². The van der Waals surface area contributed by atoms with Gasteiger partial charge in [0.2, 0.25) is 5.89 Å². The molecule has 0 aliphatic rings. The van der Waals surface area contributed by atoms with Gasteiger partial charge >= 0.3 is 51.4 Å². The second-order valence-electron chi connectivity index (χ2n) is 7.60. The maximum Gasteiger partial charge on any atom is 1.00 e. The van der Waals surface area contributed by atoms with E-state index in [-0.39, 0.29) is 57.8 Å². The molecule has 0 fully saturated rings. The van der Waals surface area contributed by atoms with Crippen LogP contribution in [0.5, 0.6) is 5.75 Å². The van der Waals surface area contributed by atoms with E-state index in [0.717, 1.165) is 58.0 Å². The van der Waals surface area contributed by atoms with Crippen molar-refractivity contribution in [2.75, 3.05) is 6.61 Å². The number of rotatable bonds is 9. The van der Waals surface area contributed by atoms with Gasteiger partial charge in [0.1, 0.15) is 11.3 Å². The van der Waals surface area contributed by atoms with Crippen molar-refractivity contribution >= 4 is 27.8 Å². The zero-order valence-corrected chi connectivity index (χ0v) is 21.1. The Kier molecular flexibility index (Phi) is 8.69. The number of aromatic nitrogens is 1. The van der Waals surface area contributed by atoms with Crippen molar-refractivity contribution in [3.05, 3.63) is 60.2 Å². The van der Waals surface area contributed by atoms with Crippen LogP contribution in [0.4, 0.5) is 0 Å². The Morgan fingerprint density at radius 1 is 0.968 bits per heavy atom. The molecule has 0 unspecified atom stereocenters. The Hall–Kier alpha value is -1.70. The molecule has 154 valence electrons. The summed E-state index contributed by atoms with van der Waals surface area (Å²) in [5, 5.41) is 12.6. The number of aryl methyl sites for hydroxylation is 1. The van der Waals surface area contributed by atoms with E-state index in [9.17, 15) is 9.90 Å². The van der Waals surface area contributed by atoms with Crippen molar-refractivity contribution < 1.29 is 70.4 Å². The Balaban J connectivity index is 0.00000272. The summed E-state index contributed by atoms with van der Waals surface area (Å²) >= 11 is 0. The van der Waals surface area contributed by atoms with E-state index in [2.05, 4.69) is 17.1 Å². The average molecular weight is 442 g/mol. The van der Waals surface area contributed by atoms with Crippen LogP contribution < -0.4 is 61.2 Å². The van der Waals surface area contributed by atoms with Crippen LogP contribution in [0.25, 0.3) is 33.3 Å². The van der Waals surface area contributed by atoms with Gasteiger partial charge in [-0.1, -0.05) is 31.0 Å². The van der Waals surface area contributed by atoms with Crippen molar-refractivity contribution in [2.24, 2.45) is 0 Å². The SMILES string of the molecule is Cc1ccc2nc(-c3ccc4cc(OCCCCCCC(=O)[O-])ccc4c3)oc2c1.[K+]. The molecule has 0 aliphatic heterocycles. The summed E-state index contributed by atoms with van der Waals surface area (Å²) in [6.07, 6.45) is 3.54. The van der Waals surface area contributed by atoms with Crippen molar-refractivity contribution in [3.63, 3.8) is 0 Å². The number of oxazole rings is 1. The summed E-state index contributed by atoms with van der Waals surface area (Å²) in [5.74, 6) is 0.482. The van der Waals surface area contributed by atoms with Gasteiger partial charge in [0.25, 0.3) is 0 Å². The minimum Gasteiger partial charge on any atom is -0.550 e. The standard InChI is InChI=1S/C25H25NO4.K/c1-17-7-12-22-23(14-17)30-25(26-22)20-9-8-19-16-21(11-10-18(19)15-20)29-13-5-3-2-4-6-24(27)28;/h7-12,14-16H,2-6,13H2,1H3,(H,27,28);/q;+1/p-1. The van der Waals surface area contributed by atoms with E-state index in [1.807, 2.05) is 49.4 Å². The zero-order chi connectivity index (χ0) is 20.9. The number of carboxylic acids is 1. The molecular formula is C25H24KNO4. The zero-order valence-electron chi connectivity index (χ0n) is 18.0. The van der Waals surface area contributed by atoms with Gasteiger partial charge in [0.05, 0.1) is 6.61 Å². The molecule has 0 amide bonds. The maximum atomic E-state index is 10.4. The number of nitrogens with zero attached hydrogens (tertiary/aromatic N) is 1. The molecule has 4 rings (SSSR count). The molecule has 0 radical (unpaired) electrons. The number of carboxylic acid groups (broad SMARTS) is 1. The summed E-state index contributed by atoms with van der Waals surface area (Å²) in [4.78, 5) is 15.0. The van der Waals surface area contributed by atoms with E-state index in [1.165, 1.54) is 0 Å². The molecule has 1 aromatic heterocycles. The number of hydrogen-bond donors (Lipinski definition) is 0. The van der Waals surface area contributed by atoms with Crippen LogP contribution in [0.3, 0.4) is 0 Å². The number of fused-ring (bicyclic) bond motifs is 2. The van der Waals surface area contributed by atoms with Crippen LogP contribution in [-0.2, 0) is 4.79 Å². The molecule has 0 N–H and O–H groups in total. The van der Waals surface area contributed by atoms with E-state index in [1.54, 1.807) is 0 Å². The maximum absolute atomic E-state index is 10.4. The normalized spacial score (nSPS) is 10.9. The van der Waals surface area contributed by atoms with Gasteiger partial charge in [-0.05, 0) is 78.9 Å². The van der Waals surface area contributed by atoms with Crippen LogP contribution in [-0.4, -0.2) is 17.6 Å². The summed E-state index contributed by atoms with van der Waals surface area (Å²) in [7, 11) is 0. The molecule has 3 aromatic carbocycles. The third-order valence-corrected chi connectivity index (χ3v) is 5.15. The van der Waals surface area contributed by atoms with Crippen molar-refractivity contribution in [3.8, 4) is 17.2 Å². The number of carbonyl (C=O) groups excluding carboxylic acids is 1. The summed E-state index contributed by atoms with van der Waals surface area (Å²) in [5.41, 5.74) is 3.75. The molecule has 1 heterocycles. The number of ether oxygens (including phenoxy) is 1. The Morgan fingerprint density at radius 2 is 1.74 bits per heavy atom. The quantitative estimate of drug-likeness (QED) is 0.294. The Labute approximate surface area is 224 Å².